The Morgan fingerprint density at radius 2 is 1.50 bits per heavy atom. The molecule has 138 valence electrons. The lowest BCUT2D eigenvalue weighted by atomic mass is 10.0. The van der Waals surface area contributed by atoms with Gasteiger partial charge in [-0.05, 0) is 48.2 Å². The number of Topliss-reactive ketones (excluding diaryl/α,β-unsaturated/α-hetero) is 1. The third-order valence-electron chi connectivity index (χ3n) is 4.80. The van der Waals surface area contributed by atoms with Crippen LogP contribution in [0.25, 0.3) is 0 Å². The first-order valence-electron chi connectivity index (χ1n) is 9.46. The van der Waals surface area contributed by atoms with E-state index < -0.39 is 0 Å². The van der Waals surface area contributed by atoms with E-state index in [1.807, 2.05) is 0 Å². The summed E-state index contributed by atoms with van der Waals surface area (Å²) < 4.78 is 5.41. The fourth-order valence-electron chi connectivity index (χ4n) is 3.27. The van der Waals surface area contributed by atoms with Crippen LogP contribution >= 0.6 is 0 Å². The molecular formula is C22H28N2O2. The van der Waals surface area contributed by atoms with E-state index in [1.54, 1.807) is 0 Å². The summed E-state index contributed by atoms with van der Waals surface area (Å²) >= 11 is 0. The van der Waals surface area contributed by atoms with Crippen LogP contribution in [0.3, 0.4) is 0 Å². The van der Waals surface area contributed by atoms with Gasteiger partial charge in [-0.1, -0.05) is 36.4 Å². The third kappa shape index (κ3) is 5.41. The molecule has 0 unspecified atom stereocenters. The van der Waals surface area contributed by atoms with E-state index in [9.17, 15) is 4.79 Å². The van der Waals surface area contributed by atoms with Gasteiger partial charge in [0.05, 0.1) is 13.2 Å². The standard InChI is InChI=1S/C22H28N2O2/c23-11-1-2-22(25)17-20-5-3-18(4-6-20)16-19-7-9-21(10-8-19)24-12-14-26-15-13-24/h3-10H,1-2,11-17,23H2. The molecule has 0 atom stereocenters. The molecule has 1 fully saturated rings. The van der Waals surface area contributed by atoms with Crippen molar-refractivity contribution in [3.05, 3.63) is 65.2 Å². The number of carbonyl (C=O) groups is 1. The van der Waals surface area contributed by atoms with Crippen molar-refractivity contribution in [2.75, 3.05) is 37.7 Å². The molecule has 4 heteroatoms. The molecule has 0 amide bonds. The third-order valence-corrected chi connectivity index (χ3v) is 4.80. The van der Waals surface area contributed by atoms with Crippen LogP contribution in [0.15, 0.2) is 48.5 Å². The summed E-state index contributed by atoms with van der Waals surface area (Å²) in [6, 6.07) is 17.2. The van der Waals surface area contributed by atoms with Crippen molar-refractivity contribution >= 4 is 11.5 Å². The first kappa shape index (κ1) is 18.6. The number of hydrogen-bond acceptors (Lipinski definition) is 4. The zero-order chi connectivity index (χ0) is 18.2. The molecule has 4 nitrogen and oxygen atoms in total. The van der Waals surface area contributed by atoms with Crippen LogP contribution in [0, 0.1) is 0 Å². The van der Waals surface area contributed by atoms with Gasteiger partial charge in [-0.2, -0.15) is 0 Å². The molecule has 1 saturated heterocycles. The second kappa shape index (κ2) is 9.51. The van der Waals surface area contributed by atoms with Gasteiger partial charge in [0.2, 0.25) is 0 Å². The molecule has 0 radical (unpaired) electrons. The normalized spacial score (nSPS) is 14.4. The Kier molecular flexibility index (Phi) is 6.81. The van der Waals surface area contributed by atoms with E-state index in [0.717, 1.165) is 44.7 Å². The molecule has 1 heterocycles. The minimum atomic E-state index is 0.266. The average molecular weight is 352 g/mol. The minimum Gasteiger partial charge on any atom is -0.378 e. The van der Waals surface area contributed by atoms with Crippen molar-refractivity contribution in [2.24, 2.45) is 5.73 Å². The Hall–Kier alpha value is -2.17. The molecule has 0 bridgehead atoms. The Labute approximate surface area is 156 Å². The summed E-state index contributed by atoms with van der Waals surface area (Å²) in [6.45, 7) is 4.12. The largest absolute Gasteiger partial charge is 0.378 e. The fraction of sp³-hybridized carbons (Fsp3) is 0.409. The summed E-state index contributed by atoms with van der Waals surface area (Å²) in [6.07, 6.45) is 2.77. The maximum Gasteiger partial charge on any atom is 0.137 e. The number of morpholine rings is 1. The molecule has 1 aliphatic heterocycles. The Balaban J connectivity index is 1.54. The highest BCUT2D eigenvalue weighted by Gasteiger charge is 2.10. The second-order valence-electron chi connectivity index (χ2n) is 6.87. The maximum atomic E-state index is 11.8. The van der Waals surface area contributed by atoms with Crippen LogP contribution in [0.5, 0.6) is 0 Å². The molecule has 0 aromatic heterocycles. The fourth-order valence-corrected chi connectivity index (χ4v) is 3.27. The van der Waals surface area contributed by atoms with E-state index in [-0.39, 0.29) is 5.78 Å². The van der Waals surface area contributed by atoms with E-state index >= 15 is 0 Å². The lowest BCUT2D eigenvalue weighted by molar-refractivity contribution is -0.118. The van der Waals surface area contributed by atoms with Gasteiger partial charge < -0.3 is 15.4 Å². The van der Waals surface area contributed by atoms with E-state index in [2.05, 4.69) is 53.4 Å². The van der Waals surface area contributed by atoms with Crippen LogP contribution in [-0.4, -0.2) is 38.6 Å². The maximum absolute atomic E-state index is 11.8. The lowest BCUT2D eigenvalue weighted by Gasteiger charge is -2.28. The summed E-state index contributed by atoms with van der Waals surface area (Å²) in [7, 11) is 0. The summed E-state index contributed by atoms with van der Waals surface area (Å²) in [5.74, 6) is 0.266. The number of anilines is 1. The highest BCUT2D eigenvalue weighted by Crippen LogP contribution is 2.19. The number of ketones is 1. The molecule has 0 spiro atoms. The molecule has 2 aromatic carbocycles. The first-order valence-corrected chi connectivity index (χ1v) is 9.46. The number of hydrogen-bond donors (Lipinski definition) is 1. The molecule has 2 N–H and O–H groups in total. The number of ether oxygens (including phenoxy) is 1. The van der Waals surface area contributed by atoms with Crippen molar-refractivity contribution in [3.8, 4) is 0 Å². The molecule has 2 aromatic rings. The SMILES string of the molecule is NCCCC(=O)Cc1ccc(Cc2ccc(N3CCOCC3)cc2)cc1. The summed E-state index contributed by atoms with van der Waals surface area (Å²) in [5.41, 5.74) is 10.4. The Morgan fingerprint density at radius 1 is 0.923 bits per heavy atom. The summed E-state index contributed by atoms with van der Waals surface area (Å²) in [4.78, 5) is 14.2. The number of rotatable bonds is 8. The number of nitrogens with two attached hydrogens (primary N) is 1. The van der Waals surface area contributed by atoms with Crippen LogP contribution < -0.4 is 10.6 Å². The molecule has 26 heavy (non-hydrogen) atoms. The van der Waals surface area contributed by atoms with Gasteiger partial charge in [0.25, 0.3) is 0 Å². The molecule has 0 aliphatic carbocycles. The van der Waals surface area contributed by atoms with Gasteiger partial charge in [-0.25, -0.2) is 0 Å². The zero-order valence-electron chi connectivity index (χ0n) is 15.3. The number of carbonyl (C=O) groups excluding carboxylic acids is 1. The van der Waals surface area contributed by atoms with Gasteiger partial charge in [0.1, 0.15) is 5.78 Å². The lowest BCUT2D eigenvalue weighted by Crippen LogP contribution is -2.36. The van der Waals surface area contributed by atoms with E-state index in [0.29, 0.717) is 19.4 Å². The molecule has 3 rings (SSSR count). The highest BCUT2D eigenvalue weighted by atomic mass is 16.5. The van der Waals surface area contributed by atoms with Crippen LogP contribution in [0.2, 0.25) is 0 Å². The van der Waals surface area contributed by atoms with Gasteiger partial charge >= 0.3 is 0 Å². The molecule has 0 saturated carbocycles. The Bertz CT molecular complexity index is 689. The molecular weight excluding hydrogens is 324 g/mol. The van der Waals surface area contributed by atoms with Crippen molar-refractivity contribution in [1.82, 2.24) is 0 Å². The first-order chi connectivity index (χ1) is 12.7. The second-order valence-corrected chi connectivity index (χ2v) is 6.87. The Morgan fingerprint density at radius 3 is 2.12 bits per heavy atom. The van der Waals surface area contributed by atoms with Crippen molar-refractivity contribution in [2.45, 2.75) is 25.7 Å². The van der Waals surface area contributed by atoms with Gasteiger partial charge in [0.15, 0.2) is 0 Å². The zero-order valence-corrected chi connectivity index (χ0v) is 15.3. The van der Waals surface area contributed by atoms with Crippen molar-refractivity contribution in [1.29, 1.82) is 0 Å². The highest BCUT2D eigenvalue weighted by molar-refractivity contribution is 5.80. The van der Waals surface area contributed by atoms with Crippen molar-refractivity contribution < 1.29 is 9.53 Å². The van der Waals surface area contributed by atoms with Crippen LogP contribution in [0.1, 0.15) is 29.5 Å². The van der Waals surface area contributed by atoms with Crippen molar-refractivity contribution in [3.63, 3.8) is 0 Å². The quantitative estimate of drug-likeness (QED) is 0.794. The summed E-state index contributed by atoms with van der Waals surface area (Å²) in [5, 5.41) is 0. The average Bonchev–Trinajstić information content (AvgIpc) is 2.69. The predicted octanol–water partition coefficient (Wildman–Crippen LogP) is 2.96. The van der Waals surface area contributed by atoms with E-state index in [4.69, 9.17) is 10.5 Å². The number of nitrogens with zero attached hydrogens (tertiary/aromatic N) is 1. The minimum absolute atomic E-state index is 0.266. The smallest absolute Gasteiger partial charge is 0.137 e. The topological polar surface area (TPSA) is 55.6 Å². The molecule has 1 aliphatic rings. The van der Waals surface area contributed by atoms with Crippen LogP contribution in [0.4, 0.5) is 5.69 Å². The van der Waals surface area contributed by atoms with Gasteiger partial charge in [0, 0.05) is 31.6 Å². The van der Waals surface area contributed by atoms with Gasteiger partial charge in [-0.3, -0.25) is 4.79 Å². The van der Waals surface area contributed by atoms with Gasteiger partial charge in [-0.15, -0.1) is 0 Å². The van der Waals surface area contributed by atoms with Crippen LogP contribution in [-0.2, 0) is 22.4 Å². The monoisotopic (exact) mass is 352 g/mol. The number of benzene rings is 2. The predicted molar refractivity (Wildman–Crippen MR) is 106 cm³/mol. The van der Waals surface area contributed by atoms with E-state index in [1.165, 1.54) is 16.8 Å².